The van der Waals surface area contributed by atoms with Crippen LogP contribution in [0.25, 0.3) is 0 Å². The number of halogens is 1. The standard InChI is InChI=1S/C13H14FNO3/c1-15-13(17)7-18-10-4-9-2-8(6-16)3-11(9)12(14)5-10/h4-6,8H,2-3,7H2,1H3,(H,15,17). The third kappa shape index (κ3) is 2.50. The molecular weight excluding hydrogens is 237 g/mol. The van der Waals surface area contributed by atoms with Crippen molar-refractivity contribution in [2.45, 2.75) is 12.8 Å². The van der Waals surface area contributed by atoms with E-state index < -0.39 is 0 Å². The van der Waals surface area contributed by atoms with Crippen molar-refractivity contribution in [1.29, 1.82) is 0 Å². The Labute approximate surface area is 104 Å². The zero-order valence-corrected chi connectivity index (χ0v) is 10.0. The van der Waals surface area contributed by atoms with Gasteiger partial charge in [0.25, 0.3) is 5.91 Å². The number of hydrogen-bond acceptors (Lipinski definition) is 3. The highest BCUT2D eigenvalue weighted by molar-refractivity contribution is 5.77. The minimum absolute atomic E-state index is 0.147. The van der Waals surface area contributed by atoms with Gasteiger partial charge < -0.3 is 14.8 Å². The summed E-state index contributed by atoms with van der Waals surface area (Å²) >= 11 is 0. The molecule has 1 aliphatic rings. The zero-order valence-electron chi connectivity index (χ0n) is 10.0. The second-order valence-electron chi connectivity index (χ2n) is 4.31. The Kier molecular flexibility index (Phi) is 3.60. The van der Waals surface area contributed by atoms with Gasteiger partial charge >= 0.3 is 0 Å². The molecule has 0 spiro atoms. The fourth-order valence-electron chi connectivity index (χ4n) is 2.09. The first-order valence-corrected chi connectivity index (χ1v) is 5.74. The van der Waals surface area contributed by atoms with E-state index in [1.54, 1.807) is 6.07 Å². The van der Waals surface area contributed by atoms with E-state index in [1.165, 1.54) is 13.1 Å². The lowest BCUT2D eigenvalue weighted by Crippen LogP contribution is -2.24. The van der Waals surface area contributed by atoms with Crippen molar-refractivity contribution in [3.8, 4) is 5.75 Å². The molecule has 1 N–H and O–H groups in total. The number of aldehydes is 1. The highest BCUT2D eigenvalue weighted by Gasteiger charge is 2.24. The number of carbonyl (C=O) groups is 2. The SMILES string of the molecule is CNC(=O)COc1cc(F)c2c(c1)CC(C=O)C2. The smallest absolute Gasteiger partial charge is 0.257 e. The first-order valence-electron chi connectivity index (χ1n) is 5.74. The van der Waals surface area contributed by atoms with Crippen LogP contribution in [-0.2, 0) is 22.4 Å². The topological polar surface area (TPSA) is 55.4 Å². The Balaban J connectivity index is 2.14. The van der Waals surface area contributed by atoms with Gasteiger partial charge in [-0.05, 0) is 30.0 Å². The normalized spacial score (nSPS) is 17.1. The van der Waals surface area contributed by atoms with Crippen LogP contribution >= 0.6 is 0 Å². The molecule has 4 nitrogen and oxygen atoms in total. The first-order chi connectivity index (χ1) is 8.63. The number of carbonyl (C=O) groups excluding carboxylic acids is 2. The van der Waals surface area contributed by atoms with Crippen LogP contribution in [0, 0.1) is 11.7 Å². The Morgan fingerprint density at radius 1 is 1.56 bits per heavy atom. The molecule has 1 aromatic rings. The third-order valence-electron chi connectivity index (χ3n) is 3.05. The van der Waals surface area contributed by atoms with Gasteiger partial charge in [-0.2, -0.15) is 0 Å². The van der Waals surface area contributed by atoms with Crippen LogP contribution in [0.15, 0.2) is 12.1 Å². The summed E-state index contributed by atoms with van der Waals surface area (Å²) in [5.74, 6) is -0.476. The predicted octanol–water partition coefficient (Wildman–Crippen LogP) is 0.864. The van der Waals surface area contributed by atoms with E-state index >= 15 is 0 Å². The first kappa shape index (κ1) is 12.5. The highest BCUT2D eigenvalue weighted by Crippen LogP contribution is 2.31. The van der Waals surface area contributed by atoms with Crippen molar-refractivity contribution >= 4 is 12.2 Å². The molecular formula is C13H14FNO3. The van der Waals surface area contributed by atoms with Crippen molar-refractivity contribution in [2.75, 3.05) is 13.7 Å². The molecule has 0 saturated carbocycles. The quantitative estimate of drug-likeness (QED) is 0.808. The lowest BCUT2D eigenvalue weighted by atomic mass is 10.1. The Bertz CT molecular complexity index is 487. The molecule has 0 saturated heterocycles. The van der Waals surface area contributed by atoms with Crippen molar-refractivity contribution in [3.63, 3.8) is 0 Å². The van der Waals surface area contributed by atoms with Gasteiger partial charge in [0.15, 0.2) is 6.61 Å². The van der Waals surface area contributed by atoms with Crippen molar-refractivity contribution in [2.24, 2.45) is 5.92 Å². The molecule has 2 rings (SSSR count). The van der Waals surface area contributed by atoms with Gasteiger partial charge in [0.05, 0.1) is 0 Å². The largest absolute Gasteiger partial charge is 0.484 e. The highest BCUT2D eigenvalue weighted by atomic mass is 19.1. The summed E-state index contributed by atoms with van der Waals surface area (Å²) in [5.41, 5.74) is 1.37. The van der Waals surface area contributed by atoms with E-state index in [9.17, 15) is 14.0 Å². The molecule has 1 amide bonds. The maximum Gasteiger partial charge on any atom is 0.257 e. The van der Waals surface area contributed by atoms with E-state index in [4.69, 9.17) is 4.74 Å². The molecule has 0 radical (unpaired) electrons. The van der Waals surface area contributed by atoms with E-state index in [-0.39, 0.29) is 24.2 Å². The number of rotatable bonds is 4. The number of hydrogen-bond donors (Lipinski definition) is 1. The van der Waals surface area contributed by atoms with E-state index in [0.29, 0.717) is 24.2 Å². The van der Waals surface area contributed by atoms with Gasteiger partial charge in [-0.25, -0.2) is 4.39 Å². The molecule has 18 heavy (non-hydrogen) atoms. The van der Waals surface area contributed by atoms with Gasteiger partial charge in [-0.3, -0.25) is 4.79 Å². The fourth-order valence-corrected chi connectivity index (χ4v) is 2.09. The summed E-state index contributed by atoms with van der Waals surface area (Å²) in [6.07, 6.45) is 1.83. The number of ether oxygens (including phenoxy) is 1. The summed E-state index contributed by atoms with van der Waals surface area (Å²) in [5, 5.41) is 2.41. The van der Waals surface area contributed by atoms with E-state index in [0.717, 1.165) is 11.8 Å². The predicted molar refractivity (Wildman–Crippen MR) is 62.9 cm³/mol. The summed E-state index contributed by atoms with van der Waals surface area (Å²) in [7, 11) is 1.50. The fraction of sp³-hybridized carbons (Fsp3) is 0.385. The van der Waals surface area contributed by atoms with Crippen LogP contribution in [0.2, 0.25) is 0 Å². The third-order valence-corrected chi connectivity index (χ3v) is 3.05. The Morgan fingerprint density at radius 2 is 2.33 bits per heavy atom. The van der Waals surface area contributed by atoms with Gasteiger partial charge in [0, 0.05) is 19.0 Å². The van der Waals surface area contributed by atoms with Crippen molar-refractivity contribution < 1.29 is 18.7 Å². The number of fused-ring (bicyclic) bond motifs is 1. The molecule has 1 aromatic carbocycles. The lowest BCUT2D eigenvalue weighted by molar-refractivity contribution is -0.122. The summed E-state index contributed by atoms with van der Waals surface area (Å²) < 4.78 is 19.0. The summed E-state index contributed by atoms with van der Waals surface area (Å²) in [4.78, 5) is 21.7. The number of nitrogens with one attached hydrogen (secondary N) is 1. The molecule has 0 bridgehead atoms. The molecule has 1 atom stereocenters. The Hall–Kier alpha value is -1.91. The molecule has 96 valence electrons. The molecule has 0 aliphatic heterocycles. The van der Waals surface area contributed by atoms with Gasteiger partial charge in [-0.1, -0.05) is 0 Å². The van der Waals surface area contributed by atoms with Crippen LogP contribution < -0.4 is 10.1 Å². The molecule has 1 unspecified atom stereocenters. The summed E-state index contributed by atoms with van der Waals surface area (Å²) in [6, 6.07) is 2.96. The molecule has 1 aliphatic carbocycles. The van der Waals surface area contributed by atoms with Crippen LogP contribution in [0.3, 0.4) is 0 Å². The molecule has 0 aromatic heterocycles. The van der Waals surface area contributed by atoms with Crippen LogP contribution in [0.1, 0.15) is 11.1 Å². The summed E-state index contributed by atoms with van der Waals surface area (Å²) in [6.45, 7) is -0.147. The number of likely N-dealkylation sites (N-methyl/N-ethyl adjacent to an activating group) is 1. The maximum atomic E-state index is 13.8. The van der Waals surface area contributed by atoms with Crippen LogP contribution in [0.4, 0.5) is 4.39 Å². The van der Waals surface area contributed by atoms with E-state index in [1.807, 2.05) is 0 Å². The lowest BCUT2D eigenvalue weighted by Gasteiger charge is -2.08. The zero-order chi connectivity index (χ0) is 13.1. The van der Waals surface area contributed by atoms with Crippen molar-refractivity contribution in [3.05, 3.63) is 29.1 Å². The number of amides is 1. The van der Waals surface area contributed by atoms with Gasteiger partial charge in [0.2, 0.25) is 0 Å². The van der Waals surface area contributed by atoms with Crippen molar-refractivity contribution in [1.82, 2.24) is 5.32 Å². The maximum absolute atomic E-state index is 13.8. The Morgan fingerprint density at radius 3 is 3.00 bits per heavy atom. The van der Waals surface area contributed by atoms with Gasteiger partial charge in [-0.15, -0.1) is 0 Å². The van der Waals surface area contributed by atoms with E-state index in [2.05, 4.69) is 5.32 Å². The minimum Gasteiger partial charge on any atom is -0.484 e. The monoisotopic (exact) mass is 251 g/mol. The second kappa shape index (κ2) is 5.16. The molecule has 0 fully saturated rings. The second-order valence-corrected chi connectivity index (χ2v) is 4.31. The molecule has 0 heterocycles. The van der Waals surface area contributed by atoms with Crippen LogP contribution in [-0.4, -0.2) is 25.8 Å². The average Bonchev–Trinajstić information content (AvgIpc) is 2.79. The van der Waals surface area contributed by atoms with Gasteiger partial charge in [0.1, 0.15) is 17.9 Å². The average molecular weight is 251 g/mol. The van der Waals surface area contributed by atoms with Crippen LogP contribution in [0.5, 0.6) is 5.75 Å². The minimum atomic E-state index is -0.372. The number of benzene rings is 1. The molecule has 5 heteroatoms.